The van der Waals surface area contributed by atoms with Crippen LogP contribution in [0.3, 0.4) is 0 Å². The third-order valence-electron chi connectivity index (χ3n) is 4.99. The van der Waals surface area contributed by atoms with E-state index in [9.17, 15) is 13.2 Å². The van der Waals surface area contributed by atoms with Crippen molar-refractivity contribution in [2.75, 3.05) is 25.9 Å². The second-order valence-corrected chi connectivity index (χ2v) is 9.08. The fourth-order valence-corrected chi connectivity index (χ4v) is 4.47. The third-order valence-corrected chi connectivity index (χ3v) is 5.75. The zero-order valence-electron chi connectivity index (χ0n) is 16.0. The summed E-state index contributed by atoms with van der Waals surface area (Å²) < 4.78 is 25.5. The smallest absolute Gasteiger partial charge is 0.224 e. The van der Waals surface area contributed by atoms with E-state index in [1.807, 2.05) is 36.4 Å². The maximum atomic E-state index is 12.7. The summed E-state index contributed by atoms with van der Waals surface area (Å²) in [4.78, 5) is 12.7. The molecule has 2 aromatic carbocycles. The molecule has 1 amide bonds. The Labute approximate surface area is 166 Å². The van der Waals surface area contributed by atoms with Crippen LogP contribution in [-0.2, 0) is 14.8 Å². The molecule has 0 aromatic heterocycles. The minimum Gasteiger partial charge on any atom is -0.355 e. The van der Waals surface area contributed by atoms with Gasteiger partial charge in [-0.1, -0.05) is 60.7 Å². The average molecular weight is 402 g/mol. The third kappa shape index (κ3) is 5.89. The number of carbonyl (C=O) groups is 1. The van der Waals surface area contributed by atoms with Gasteiger partial charge in [0, 0.05) is 31.6 Å². The molecule has 3 rings (SSSR count). The zero-order chi connectivity index (χ0) is 20.0. The molecule has 0 spiro atoms. The van der Waals surface area contributed by atoms with E-state index >= 15 is 0 Å². The van der Waals surface area contributed by atoms with Crippen molar-refractivity contribution in [2.24, 2.45) is 5.92 Å². The van der Waals surface area contributed by atoms with E-state index in [4.69, 9.17) is 0 Å². The number of hydrogen-bond acceptors (Lipinski definition) is 4. The van der Waals surface area contributed by atoms with Gasteiger partial charge in [0.05, 0.1) is 12.2 Å². The molecule has 0 radical (unpaired) electrons. The fraction of sp³-hybridized carbons (Fsp3) is 0.381. The summed E-state index contributed by atoms with van der Waals surface area (Å²) in [5.74, 6) is -0.252. The minimum atomic E-state index is -3.29. The number of nitrogens with one attached hydrogen (secondary N) is 3. The van der Waals surface area contributed by atoms with Gasteiger partial charge < -0.3 is 10.6 Å². The van der Waals surface area contributed by atoms with Crippen LogP contribution in [0.2, 0.25) is 0 Å². The van der Waals surface area contributed by atoms with E-state index in [-0.39, 0.29) is 23.8 Å². The SMILES string of the molecule is CS(=O)(=O)N[C@@H]1CNC[C@@H](C(=O)NCC(c2ccccc2)c2ccccc2)C1. The predicted octanol–water partition coefficient (Wildman–Crippen LogP) is 1.46. The van der Waals surface area contributed by atoms with Gasteiger partial charge in [0.15, 0.2) is 0 Å². The van der Waals surface area contributed by atoms with E-state index in [1.165, 1.54) is 0 Å². The molecular formula is C21H27N3O3S. The van der Waals surface area contributed by atoms with Crippen LogP contribution in [0.5, 0.6) is 0 Å². The number of carbonyl (C=O) groups excluding carboxylic acids is 1. The highest BCUT2D eigenvalue weighted by atomic mass is 32.2. The van der Waals surface area contributed by atoms with Crippen LogP contribution in [0.15, 0.2) is 60.7 Å². The van der Waals surface area contributed by atoms with Crippen LogP contribution in [-0.4, -0.2) is 46.3 Å². The van der Waals surface area contributed by atoms with Crippen molar-refractivity contribution in [3.8, 4) is 0 Å². The molecule has 28 heavy (non-hydrogen) atoms. The first-order chi connectivity index (χ1) is 13.4. The lowest BCUT2D eigenvalue weighted by atomic mass is 9.90. The molecule has 0 bridgehead atoms. The summed E-state index contributed by atoms with van der Waals surface area (Å²) in [6.07, 6.45) is 1.63. The number of benzene rings is 2. The molecule has 2 aromatic rings. The lowest BCUT2D eigenvalue weighted by Gasteiger charge is -2.30. The number of hydrogen-bond donors (Lipinski definition) is 3. The monoisotopic (exact) mass is 401 g/mol. The molecule has 1 aliphatic heterocycles. The normalized spacial score (nSPS) is 20.1. The number of rotatable bonds is 7. The van der Waals surface area contributed by atoms with Gasteiger partial charge in [-0.3, -0.25) is 4.79 Å². The first kappa shape index (κ1) is 20.5. The Bertz CT molecular complexity index is 833. The average Bonchev–Trinajstić information content (AvgIpc) is 2.68. The Morgan fingerprint density at radius 3 is 2.14 bits per heavy atom. The van der Waals surface area contributed by atoms with E-state index in [0.29, 0.717) is 26.1 Å². The topological polar surface area (TPSA) is 87.3 Å². The maximum Gasteiger partial charge on any atom is 0.224 e. The molecule has 7 heteroatoms. The molecule has 6 nitrogen and oxygen atoms in total. The van der Waals surface area contributed by atoms with Crippen LogP contribution in [0.4, 0.5) is 0 Å². The lowest BCUT2D eigenvalue weighted by Crippen LogP contribution is -2.52. The van der Waals surface area contributed by atoms with E-state index in [1.54, 1.807) is 0 Å². The Morgan fingerprint density at radius 1 is 1.04 bits per heavy atom. The fourth-order valence-electron chi connectivity index (χ4n) is 3.68. The molecule has 1 aliphatic rings. The van der Waals surface area contributed by atoms with Gasteiger partial charge >= 0.3 is 0 Å². The molecule has 3 N–H and O–H groups in total. The highest BCUT2D eigenvalue weighted by Crippen LogP contribution is 2.24. The Hall–Kier alpha value is -2.22. The maximum absolute atomic E-state index is 12.7. The van der Waals surface area contributed by atoms with Crippen molar-refractivity contribution < 1.29 is 13.2 Å². The molecule has 150 valence electrons. The molecule has 1 fully saturated rings. The Morgan fingerprint density at radius 2 is 1.61 bits per heavy atom. The molecule has 1 saturated heterocycles. The standard InChI is InChI=1S/C21H27N3O3S/c1-28(26,27)24-19-12-18(13-22-14-19)21(25)23-15-20(16-8-4-2-5-9-16)17-10-6-3-7-11-17/h2-11,18-20,22,24H,12-15H2,1H3,(H,23,25)/t18-,19-/m0/s1. The van der Waals surface area contributed by atoms with Crippen LogP contribution >= 0.6 is 0 Å². The van der Waals surface area contributed by atoms with Gasteiger partial charge in [-0.05, 0) is 17.5 Å². The highest BCUT2D eigenvalue weighted by molar-refractivity contribution is 7.88. The first-order valence-corrected chi connectivity index (χ1v) is 11.4. The summed E-state index contributed by atoms with van der Waals surface area (Å²) in [6.45, 7) is 1.58. The van der Waals surface area contributed by atoms with Gasteiger partial charge in [0.25, 0.3) is 0 Å². The predicted molar refractivity (Wildman–Crippen MR) is 110 cm³/mol. The summed E-state index contributed by atoms with van der Waals surface area (Å²) >= 11 is 0. The second kappa shape index (κ2) is 9.32. The summed E-state index contributed by atoms with van der Waals surface area (Å²) in [5.41, 5.74) is 2.29. The highest BCUT2D eigenvalue weighted by Gasteiger charge is 2.29. The van der Waals surface area contributed by atoms with E-state index in [2.05, 4.69) is 39.6 Å². The van der Waals surface area contributed by atoms with E-state index < -0.39 is 10.0 Å². The Kier molecular flexibility index (Phi) is 6.83. The Balaban J connectivity index is 1.65. The number of amides is 1. The van der Waals surface area contributed by atoms with Crippen molar-refractivity contribution >= 4 is 15.9 Å². The van der Waals surface area contributed by atoms with Crippen molar-refractivity contribution in [3.63, 3.8) is 0 Å². The molecule has 2 atom stereocenters. The second-order valence-electron chi connectivity index (χ2n) is 7.30. The molecule has 0 unspecified atom stereocenters. The van der Waals surface area contributed by atoms with Crippen LogP contribution in [0.25, 0.3) is 0 Å². The summed E-state index contributed by atoms with van der Waals surface area (Å²) in [5, 5.41) is 6.23. The van der Waals surface area contributed by atoms with Gasteiger partial charge in [0.1, 0.15) is 0 Å². The van der Waals surface area contributed by atoms with Crippen molar-refractivity contribution in [3.05, 3.63) is 71.8 Å². The molecule has 0 saturated carbocycles. The summed E-state index contributed by atoms with van der Waals surface area (Å²) in [7, 11) is -3.29. The lowest BCUT2D eigenvalue weighted by molar-refractivity contribution is -0.125. The minimum absolute atomic E-state index is 0.0515. The van der Waals surface area contributed by atoms with Gasteiger partial charge in [-0.15, -0.1) is 0 Å². The molecule has 1 heterocycles. The van der Waals surface area contributed by atoms with Crippen molar-refractivity contribution in [2.45, 2.75) is 18.4 Å². The van der Waals surface area contributed by atoms with Crippen LogP contribution < -0.4 is 15.4 Å². The van der Waals surface area contributed by atoms with Crippen molar-refractivity contribution in [1.29, 1.82) is 0 Å². The van der Waals surface area contributed by atoms with Gasteiger partial charge in [0.2, 0.25) is 15.9 Å². The van der Waals surface area contributed by atoms with Crippen LogP contribution in [0.1, 0.15) is 23.5 Å². The first-order valence-electron chi connectivity index (χ1n) is 9.48. The number of piperidine rings is 1. The zero-order valence-corrected chi connectivity index (χ0v) is 16.8. The van der Waals surface area contributed by atoms with Gasteiger partial charge in [-0.25, -0.2) is 13.1 Å². The summed E-state index contributed by atoms with van der Waals surface area (Å²) in [6, 6.07) is 20.0. The number of sulfonamides is 1. The van der Waals surface area contributed by atoms with Crippen LogP contribution in [0, 0.1) is 5.92 Å². The quantitative estimate of drug-likeness (QED) is 0.656. The molecule has 0 aliphatic carbocycles. The van der Waals surface area contributed by atoms with E-state index in [0.717, 1.165) is 17.4 Å². The van der Waals surface area contributed by atoms with Crippen molar-refractivity contribution in [1.82, 2.24) is 15.4 Å². The molecular weight excluding hydrogens is 374 g/mol. The largest absolute Gasteiger partial charge is 0.355 e. The van der Waals surface area contributed by atoms with Gasteiger partial charge in [-0.2, -0.15) is 0 Å².